The minimum Gasteiger partial charge on any atom is -0.398 e. The number of aromatic nitrogens is 2. The molecule has 2 aromatic carbocycles. The molecule has 0 bridgehead atoms. The van der Waals surface area contributed by atoms with Crippen LogP contribution in [-0.4, -0.2) is 22.5 Å². The van der Waals surface area contributed by atoms with Gasteiger partial charge in [0.25, 0.3) is 5.56 Å². The molecule has 0 aliphatic heterocycles. The van der Waals surface area contributed by atoms with Crippen LogP contribution in [0.15, 0.2) is 65.6 Å². The molecule has 5 nitrogen and oxygen atoms in total. The SMILES string of the molecule is CC.CC.CCCN(CCC)c1cc(=O)n2cccc(-c3ccc(N)c4c3sc3ccccc34)c2n1. The van der Waals surface area contributed by atoms with Gasteiger partial charge in [0.1, 0.15) is 11.5 Å². The van der Waals surface area contributed by atoms with Crippen molar-refractivity contribution in [1.82, 2.24) is 9.38 Å². The van der Waals surface area contributed by atoms with E-state index in [2.05, 4.69) is 43.0 Å². The largest absolute Gasteiger partial charge is 0.398 e. The van der Waals surface area contributed by atoms with Crippen LogP contribution in [0.3, 0.4) is 0 Å². The van der Waals surface area contributed by atoms with Crippen LogP contribution in [0.5, 0.6) is 0 Å². The summed E-state index contributed by atoms with van der Waals surface area (Å²) in [5, 5.41) is 2.23. The first kappa shape index (κ1) is 27.2. The highest BCUT2D eigenvalue weighted by atomic mass is 32.1. The number of nitrogens with zero attached hydrogens (tertiary/aromatic N) is 3. The molecule has 0 spiro atoms. The maximum atomic E-state index is 13.0. The van der Waals surface area contributed by atoms with E-state index in [1.54, 1.807) is 28.0 Å². The van der Waals surface area contributed by atoms with E-state index < -0.39 is 0 Å². The van der Waals surface area contributed by atoms with Crippen LogP contribution >= 0.6 is 11.3 Å². The van der Waals surface area contributed by atoms with Crippen molar-refractivity contribution in [3.8, 4) is 11.1 Å². The summed E-state index contributed by atoms with van der Waals surface area (Å²) in [5.41, 5.74) is 9.78. The number of thiophene rings is 1. The first-order valence-corrected chi connectivity index (χ1v) is 13.9. The van der Waals surface area contributed by atoms with Crippen LogP contribution in [0.4, 0.5) is 11.5 Å². The average molecular weight is 503 g/mol. The average Bonchev–Trinajstić information content (AvgIpc) is 3.31. The standard InChI is InChI=1S/C26H26N4OS.2C2H6/c1-3-13-29(14-4-2)22-16-23(31)30-15-7-9-18(26(30)28-22)17-11-12-20(27)24-19-8-5-6-10-21(19)32-25(17)24;2*1-2/h5-12,15-16H,3-4,13-14,27H2,1-2H3;2*1-2H3. The number of anilines is 2. The highest BCUT2D eigenvalue weighted by Gasteiger charge is 2.17. The van der Waals surface area contributed by atoms with Gasteiger partial charge in [0, 0.05) is 62.3 Å². The lowest BCUT2D eigenvalue weighted by atomic mass is 10.0. The van der Waals surface area contributed by atoms with E-state index in [0.29, 0.717) is 5.65 Å². The van der Waals surface area contributed by atoms with Crippen molar-refractivity contribution in [2.75, 3.05) is 23.7 Å². The molecule has 0 saturated carbocycles. The zero-order chi connectivity index (χ0) is 26.2. The molecule has 3 aromatic heterocycles. The first-order chi connectivity index (χ1) is 17.6. The highest BCUT2D eigenvalue weighted by Crippen LogP contribution is 2.43. The van der Waals surface area contributed by atoms with Crippen LogP contribution < -0.4 is 16.2 Å². The lowest BCUT2D eigenvalue weighted by molar-refractivity contribution is 0.732. The van der Waals surface area contributed by atoms with Gasteiger partial charge in [-0.25, -0.2) is 4.98 Å². The van der Waals surface area contributed by atoms with Gasteiger partial charge < -0.3 is 10.6 Å². The predicted molar refractivity (Wildman–Crippen MR) is 160 cm³/mol. The van der Waals surface area contributed by atoms with Gasteiger partial charge in [-0.3, -0.25) is 9.20 Å². The molecule has 0 radical (unpaired) electrons. The van der Waals surface area contributed by atoms with E-state index in [4.69, 9.17) is 10.7 Å². The van der Waals surface area contributed by atoms with Crippen LogP contribution in [0.2, 0.25) is 0 Å². The third kappa shape index (κ3) is 5.09. The normalized spacial score (nSPS) is 10.6. The van der Waals surface area contributed by atoms with Crippen molar-refractivity contribution in [3.05, 3.63) is 71.1 Å². The van der Waals surface area contributed by atoms with E-state index in [0.717, 1.165) is 64.0 Å². The second kappa shape index (κ2) is 12.5. The van der Waals surface area contributed by atoms with Crippen molar-refractivity contribution in [3.63, 3.8) is 0 Å². The Balaban J connectivity index is 0.000000861. The number of nitrogen functional groups attached to an aromatic ring is 1. The van der Waals surface area contributed by atoms with Gasteiger partial charge in [0.2, 0.25) is 0 Å². The number of hydrogen-bond donors (Lipinski definition) is 1. The Hall–Kier alpha value is -3.38. The Morgan fingerprint density at radius 3 is 2.31 bits per heavy atom. The number of nitrogens with two attached hydrogens (primary N) is 1. The zero-order valence-electron chi connectivity index (χ0n) is 22.3. The smallest absolute Gasteiger partial charge is 0.259 e. The fourth-order valence-electron chi connectivity index (χ4n) is 4.43. The molecule has 5 rings (SSSR count). The van der Waals surface area contributed by atoms with Crippen molar-refractivity contribution < 1.29 is 0 Å². The molecular weight excluding hydrogens is 464 g/mol. The summed E-state index contributed by atoms with van der Waals surface area (Å²) in [7, 11) is 0. The van der Waals surface area contributed by atoms with E-state index in [-0.39, 0.29) is 5.56 Å². The molecule has 0 atom stereocenters. The van der Waals surface area contributed by atoms with Crippen LogP contribution in [0.25, 0.3) is 36.9 Å². The molecule has 36 heavy (non-hydrogen) atoms. The summed E-state index contributed by atoms with van der Waals surface area (Å²) in [6.45, 7) is 14.0. The Morgan fingerprint density at radius 2 is 1.61 bits per heavy atom. The molecule has 0 fully saturated rings. The third-order valence-electron chi connectivity index (χ3n) is 5.84. The van der Waals surface area contributed by atoms with Crippen molar-refractivity contribution >= 4 is 48.7 Å². The molecule has 190 valence electrons. The van der Waals surface area contributed by atoms with Gasteiger partial charge in [-0.05, 0) is 37.1 Å². The molecule has 2 N–H and O–H groups in total. The van der Waals surface area contributed by atoms with Gasteiger partial charge in [0.15, 0.2) is 0 Å². The summed E-state index contributed by atoms with van der Waals surface area (Å²) in [5.74, 6) is 0.745. The molecule has 0 aliphatic carbocycles. The number of pyridine rings is 1. The lowest BCUT2D eigenvalue weighted by Crippen LogP contribution is -2.28. The highest BCUT2D eigenvalue weighted by molar-refractivity contribution is 7.26. The fourth-order valence-corrected chi connectivity index (χ4v) is 5.70. The molecule has 0 amide bonds. The maximum Gasteiger partial charge on any atom is 0.259 e. The van der Waals surface area contributed by atoms with E-state index >= 15 is 0 Å². The van der Waals surface area contributed by atoms with E-state index in [9.17, 15) is 4.79 Å². The molecule has 3 heterocycles. The molecule has 6 heteroatoms. The minimum atomic E-state index is -0.0629. The molecule has 0 aliphatic rings. The van der Waals surface area contributed by atoms with Gasteiger partial charge >= 0.3 is 0 Å². The number of benzene rings is 2. The Bertz CT molecular complexity index is 1500. The summed E-state index contributed by atoms with van der Waals surface area (Å²) in [6, 6.07) is 18.0. The topological polar surface area (TPSA) is 63.6 Å². The number of rotatable bonds is 6. The summed E-state index contributed by atoms with van der Waals surface area (Å²) in [4.78, 5) is 20.2. The predicted octanol–water partition coefficient (Wildman–Crippen LogP) is 7.99. The van der Waals surface area contributed by atoms with Gasteiger partial charge in [-0.15, -0.1) is 11.3 Å². The van der Waals surface area contributed by atoms with Crippen molar-refractivity contribution in [2.45, 2.75) is 54.4 Å². The maximum absolute atomic E-state index is 13.0. The number of hydrogen-bond acceptors (Lipinski definition) is 5. The molecule has 0 unspecified atom stereocenters. The lowest BCUT2D eigenvalue weighted by Gasteiger charge is -2.23. The quantitative estimate of drug-likeness (QED) is 0.239. The van der Waals surface area contributed by atoms with E-state index in [1.807, 2.05) is 52.0 Å². The Kier molecular flexibility index (Phi) is 9.48. The Labute approximate surface area is 218 Å². The van der Waals surface area contributed by atoms with Crippen molar-refractivity contribution in [2.24, 2.45) is 0 Å². The van der Waals surface area contributed by atoms with Crippen LogP contribution in [0.1, 0.15) is 54.4 Å². The summed E-state index contributed by atoms with van der Waals surface area (Å²) < 4.78 is 3.97. The third-order valence-corrected chi connectivity index (χ3v) is 7.04. The first-order valence-electron chi connectivity index (χ1n) is 13.1. The Morgan fingerprint density at radius 1 is 0.917 bits per heavy atom. The second-order valence-corrected chi connectivity index (χ2v) is 9.11. The van der Waals surface area contributed by atoms with Crippen LogP contribution in [0, 0.1) is 0 Å². The fraction of sp³-hybridized carbons (Fsp3) is 0.333. The van der Waals surface area contributed by atoms with Crippen molar-refractivity contribution in [1.29, 1.82) is 0 Å². The zero-order valence-corrected chi connectivity index (χ0v) is 23.2. The summed E-state index contributed by atoms with van der Waals surface area (Å²) >= 11 is 1.73. The summed E-state index contributed by atoms with van der Waals surface area (Å²) in [6.07, 6.45) is 3.80. The van der Waals surface area contributed by atoms with E-state index in [1.165, 1.54) is 4.70 Å². The van der Waals surface area contributed by atoms with Gasteiger partial charge in [-0.2, -0.15) is 0 Å². The van der Waals surface area contributed by atoms with Gasteiger partial charge in [-0.1, -0.05) is 65.8 Å². The molecular formula is C30H38N4OS. The molecule has 5 aromatic rings. The number of fused-ring (bicyclic) bond motifs is 4. The van der Waals surface area contributed by atoms with Crippen LogP contribution in [-0.2, 0) is 0 Å². The van der Waals surface area contributed by atoms with Gasteiger partial charge in [0.05, 0.1) is 0 Å². The molecule has 0 saturated heterocycles. The second-order valence-electron chi connectivity index (χ2n) is 8.06. The minimum absolute atomic E-state index is 0.0629. The monoisotopic (exact) mass is 502 g/mol.